The van der Waals surface area contributed by atoms with E-state index in [2.05, 4.69) is 18.4 Å². The molecule has 0 radical (unpaired) electrons. The van der Waals surface area contributed by atoms with Crippen molar-refractivity contribution in [1.82, 2.24) is 0 Å². The Hall–Kier alpha value is -1.03. The second-order valence-electron chi connectivity index (χ2n) is 14.4. The first-order valence-electron chi connectivity index (χ1n) is 21.0. The summed E-state index contributed by atoms with van der Waals surface area (Å²) in [6, 6.07) is 0. The smallest absolute Gasteiger partial charge is 0.462 e. The van der Waals surface area contributed by atoms with Crippen LogP contribution in [0.3, 0.4) is 0 Å². The predicted octanol–water partition coefficient (Wildman–Crippen LogP) is 10.7. The molecule has 0 saturated heterocycles. The normalized spacial score (nSPS) is 13.9. The zero-order chi connectivity index (χ0) is 37.7. The van der Waals surface area contributed by atoms with Gasteiger partial charge in [-0.1, -0.05) is 181 Å². The molecule has 0 amide bonds. The van der Waals surface area contributed by atoms with Crippen molar-refractivity contribution in [2.45, 2.75) is 219 Å². The summed E-state index contributed by atoms with van der Waals surface area (Å²) < 4.78 is 32.6. The van der Waals surface area contributed by atoms with E-state index in [4.69, 9.17) is 19.1 Å². The lowest BCUT2D eigenvalue weighted by Gasteiger charge is -2.20. The van der Waals surface area contributed by atoms with E-state index in [0.29, 0.717) is 12.8 Å². The van der Waals surface area contributed by atoms with Crippen LogP contribution in [0.25, 0.3) is 0 Å². The lowest BCUT2D eigenvalue weighted by Crippen LogP contribution is -2.29. The molecule has 0 bridgehead atoms. The van der Waals surface area contributed by atoms with E-state index in [9.17, 15) is 24.2 Å². The summed E-state index contributed by atoms with van der Waals surface area (Å²) in [7, 11) is -4.60. The number of carbonyl (C=O) groups excluding carboxylic acids is 2. The van der Waals surface area contributed by atoms with Crippen LogP contribution >= 0.6 is 7.82 Å². The highest BCUT2D eigenvalue weighted by molar-refractivity contribution is 7.47. The van der Waals surface area contributed by atoms with Gasteiger partial charge in [-0.15, -0.1) is 0 Å². The van der Waals surface area contributed by atoms with E-state index in [1.807, 2.05) is 0 Å². The second kappa shape index (κ2) is 37.3. The Morgan fingerprint density at radius 2 is 0.843 bits per heavy atom. The van der Waals surface area contributed by atoms with Crippen LogP contribution in [0.15, 0.2) is 0 Å². The lowest BCUT2D eigenvalue weighted by molar-refractivity contribution is -0.161. The topological polar surface area (TPSA) is 149 Å². The molecular weight excluding hydrogens is 671 g/mol. The van der Waals surface area contributed by atoms with Crippen molar-refractivity contribution in [1.29, 1.82) is 0 Å². The summed E-state index contributed by atoms with van der Waals surface area (Å²) in [4.78, 5) is 34.8. The highest BCUT2D eigenvalue weighted by atomic mass is 31.2. The fraction of sp³-hybridized carbons (Fsp3) is 0.950. The van der Waals surface area contributed by atoms with Crippen molar-refractivity contribution < 1.29 is 47.8 Å². The highest BCUT2D eigenvalue weighted by Gasteiger charge is 2.27. The Labute approximate surface area is 312 Å². The largest absolute Gasteiger partial charge is 0.472 e. The third-order valence-electron chi connectivity index (χ3n) is 9.26. The standard InChI is InChI=1S/C40H79O10P/c1-3-5-7-9-11-13-14-15-16-17-18-19-20-21-22-23-24-26-28-30-32-40(44)50-38(36-49-51(45,46)48-34-37(42)33-41)35-47-39(43)31-29-27-25-12-10-8-6-4-2/h37-38,41-42H,3-36H2,1-2H3,(H,45,46)/t37-,38+/m0/s1. The minimum Gasteiger partial charge on any atom is -0.462 e. The van der Waals surface area contributed by atoms with E-state index in [1.54, 1.807) is 0 Å². The van der Waals surface area contributed by atoms with Gasteiger partial charge in [0, 0.05) is 12.8 Å². The zero-order valence-electron chi connectivity index (χ0n) is 32.8. The quantitative estimate of drug-likeness (QED) is 0.0314. The third-order valence-corrected chi connectivity index (χ3v) is 10.2. The number of esters is 2. The molecule has 0 aliphatic heterocycles. The van der Waals surface area contributed by atoms with E-state index in [0.717, 1.165) is 38.5 Å². The Bertz CT molecular complexity index is 827. The van der Waals surface area contributed by atoms with Crippen LogP contribution < -0.4 is 0 Å². The summed E-state index contributed by atoms with van der Waals surface area (Å²) in [5, 5.41) is 18.3. The Kier molecular flexibility index (Phi) is 36.5. The zero-order valence-corrected chi connectivity index (χ0v) is 33.7. The minimum absolute atomic E-state index is 0.192. The van der Waals surface area contributed by atoms with Gasteiger partial charge in [0.05, 0.1) is 19.8 Å². The first-order valence-corrected chi connectivity index (χ1v) is 22.5. The molecule has 0 spiro atoms. The second-order valence-corrected chi connectivity index (χ2v) is 15.8. The van der Waals surface area contributed by atoms with Crippen molar-refractivity contribution in [2.75, 3.05) is 26.4 Å². The van der Waals surface area contributed by atoms with Crippen molar-refractivity contribution in [3.05, 3.63) is 0 Å². The molecule has 3 N–H and O–H groups in total. The van der Waals surface area contributed by atoms with Crippen LogP contribution in [0.5, 0.6) is 0 Å². The maximum absolute atomic E-state index is 12.6. The van der Waals surface area contributed by atoms with Crippen LogP contribution in [0.2, 0.25) is 0 Å². The minimum atomic E-state index is -4.60. The molecule has 0 aromatic carbocycles. The van der Waals surface area contributed by atoms with Crippen LogP contribution in [-0.4, -0.2) is 65.7 Å². The van der Waals surface area contributed by atoms with Gasteiger partial charge in [-0.3, -0.25) is 18.6 Å². The SMILES string of the molecule is CCCCCCCCCCCCCCCCCCCCCCC(=O)O[C@H](COC(=O)CCCCCCCCCC)COP(=O)(O)OC[C@@H](O)CO. The van der Waals surface area contributed by atoms with Crippen molar-refractivity contribution in [3.63, 3.8) is 0 Å². The first-order chi connectivity index (χ1) is 24.7. The molecule has 0 aliphatic rings. The van der Waals surface area contributed by atoms with Gasteiger partial charge in [-0.2, -0.15) is 0 Å². The van der Waals surface area contributed by atoms with Crippen molar-refractivity contribution >= 4 is 19.8 Å². The third kappa shape index (κ3) is 37.1. The average molecular weight is 751 g/mol. The number of phosphoric acid groups is 1. The molecule has 10 nitrogen and oxygen atoms in total. The number of ether oxygens (including phenoxy) is 2. The highest BCUT2D eigenvalue weighted by Crippen LogP contribution is 2.43. The first kappa shape index (κ1) is 50.0. The summed E-state index contributed by atoms with van der Waals surface area (Å²) in [5.74, 6) is -0.917. The van der Waals surface area contributed by atoms with E-state index in [-0.39, 0.29) is 19.4 Å². The Balaban J connectivity index is 4.15. The van der Waals surface area contributed by atoms with Crippen LogP contribution in [0.4, 0.5) is 0 Å². The maximum Gasteiger partial charge on any atom is 0.472 e. The lowest BCUT2D eigenvalue weighted by atomic mass is 10.0. The molecule has 51 heavy (non-hydrogen) atoms. The number of rotatable bonds is 40. The van der Waals surface area contributed by atoms with Gasteiger partial charge in [-0.25, -0.2) is 4.57 Å². The number of hydrogen-bond donors (Lipinski definition) is 3. The van der Waals surface area contributed by atoms with Gasteiger partial charge >= 0.3 is 19.8 Å². The molecule has 0 rings (SSSR count). The Morgan fingerprint density at radius 3 is 1.22 bits per heavy atom. The number of aliphatic hydroxyl groups excluding tert-OH is 2. The molecule has 11 heteroatoms. The van der Waals surface area contributed by atoms with Gasteiger partial charge in [0.1, 0.15) is 12.7 Å². The summed E-state index contributed by atoms with van der Waals surface area (Å²) >= 11 is 0. The Morgan fingerprint density at radius 1 is 0.510 bits per heavy atom. The molecule has 0 saturated carbocycles. The van der Waals surface area contributed by atoms with Crippen molar-refractivity contribution in [3.8, 4) is 0 Å². The van der Waals surface area contributed by atoms with Gasteiger partial charge in [0.25, 0.3) is 0 Å². The average Bonchev–Trinajstić information content (AvgIpc) is 3.12. The summed E-state index contributed by atoms with van der Waals surface area (Å²) in [5.41, 5.74) is 0. The van der Waals surface area contributed by atoms with E-state index >= 15 is 0 Å². The van der Waals surface area contributed by atoms with Crippen LogP contribution in [-0.2, 0) is 32.7 Å². The number of aliphatic hydroxyl groups is 2. The number of unbranched alkanes of at least 4 members (excludes halogenated alkanes) is 26. The fourth-order valence-electron chi connectivity index (χ4n) is 5.99. The number of hydrogen-bond acceptors (Lipinski definition) is 9. The number of carbonyl (C=O) groups is 2. The number of phosphoric ester groups is 1. The molecule has 0 aromatic heterocycles. The van der Waals surface area contributed by atoms with Crippen LogP contribution in [0, 0.1) is 0 Å². The summed E-state index contributed by atoms with van der Waals surface area (Å²) in [6.45, 7) is 2.37. The fourth-order valence-corrected chi connectivity index (χ4v) is 6.78. The molecule has 0 heterocycles. The van der Waals surface area contributed by atoms with Crippen molar-refractivity contribution in [2.24, 2.45) is 0 Å². The van der Waals surface area contributed by atoms with Gasteiger partial charge in [0.2, 0.25) is 0 Å². The monoisotopic (exact) mass is 751 g/mol. The van der Waals surface area contributed by atoms with Gasteiger partial charge in [-0.05, 0) is 12.8 Å². The molecule has 1 unspecified atom stereocenters. The molecule has 3 atom stereocenters. The predicted molar refractivity (Wildman–Crippen MR) is 206 cm³/mol. The molecule has 0 fully saturated rings. The van der Waals surface area contributed by atoms with E-state index < -0.39 is 51.8 Å². The molecular formula is C40H79O10P. The molecule has 0 aliphatic carbocycles. The summed E-state index contributed by atoms with van der Waals surface area (Å²) in [6.07, 6.45) is 32.3. The molecule has 304 valence electrons. The van der Waals surface area contributed by atoms with Crippen LogP contribution in [0.1, 0.15) is 206 Å². The van der Waals surface area contributed by atoms with Gasteiger partial charge in [0.15, 0.2) is 6.10 Å². The molecule has 0 aromatic rings. The van der Waals surface area contributed by atoms with Gasteiger partial charge < -0.3 is 24.6 Å². The van der Waals surface area contributed by atoms with E-state index in [1.165, 1.54) is 128 Å². The maximum atomic E-state index is 12.6.